The molecule has 6 nitrogen and oxygen atoms in total. The summed E-state index contributed by atoms with van der Waals surface area (Å²) in [4.78, 5) is 10.4. The van der Waals surface area contributed by atoms with Crippen molar-refractivity contribution < 1.29 is 25.2 Å². The highest BCUT2D eigenvalue weighted by Gasteiger charge is 2.12. The molecule has 0 saturated carbocycles. The lowest BCUT2D eigenvalue weighted by Gasteiger charge is -2.06. The zero-order chi connectivity index (χ0) is 15.8. The maximum absolute atomic E-state index is 10.4. The summed E-state index contributed by atoms with van der Waals surface area (Å²) in [6.07, 6.45) is 0.114. The number of aliphatic carboxylic acids is 1. The topological polar surface area (TPSA) is 124 Å². The highest BCUT2D eigenvalue weighted by atomic mass is 35.5. The summed E-state index contributed by atoms with van der Waals surface area (Å²) in [7, 11) is 0. The molecule has 7 heteroatoms. The molecule has 0 amide bonds. The maximum atomic E-state index is 10.4. The summed E-state index contributed by atoms with van der Waals surface area (Å²) in [6.45, 7) is 0. The van der Waals surface area contributed by atoms with Gasteiger partial charge in [0.05, 0.1) is 0 Å². The lowest BCUT2D eigenvalue weighted by Crippen LogP contribution is -2.32. The highest BCUT2D eigenvalue weighted by molar-refractivity contribution is 5.85. The van der Waals surface area contributed by atoms with Gasteiger partial charge in [0.1, 0.15) is 11.8 Å². The van der Waals surface area contributed by atoms with Crippen LogP contribution in [0.2, 0.25) is 0 Å². The number of phenolic OH excluding ortho intramolecular Hbond substituents is 3. The molecule has 120 valence electrons. The van der Waals surface area contributed by atoms with Crippen LogP contribution in [0.1, 0.15) is 5.56 Å². The fourth-order valence-corrected chi connectivity index (χ4v) is 1.47. The number of carboxylic acids is 1. The minimum Gasteiger partial charge on any atom is -0.508 e. The van der Waals surface area contributed by atoms with Crippen LogP contribution in [0, 0.1) is 0 Å². The summed E-state index contributed by atoms with van der Waals surface area (Å²) in [5.41, 5.74) is 5.86. The second kappa shape index (κ2) is 9.49. The van der Waals surface area contributed by atoms with Crippen LogP contribution in [0.25, 0.3) is 0 Å². The van der Waals surface area contributed by atoms with E-state index in [0.717, 1.165) is 0 Å². The van der Waals surface area contributed by atoms with Gasteiger partial charge in [-0.2, -0.15) is 0 Å². The van der Waals surface area contributed by atoms with Crippen LogP contribution >= 0.6 is 12.4 Å². The third kappa shape index (κ3) is 6.83. The van der Waals surface area contributed by atoms with E-state index in [9.17, 15) is 4.79 Å². The molecule has 6 N–H and O–H groups in total. The summed E-state index contributed by atoms with van der Waals surface area (Å²) in [5.74, 6) is -1.29. The Morgan fingerprint density at radius 3 is 2.00 bits per heavy atom. The van der Waals surface area contributed by atoms with E-state index in [1.165, 1.54) is 18.2 Å². The van der Waals surface area contributed by atoms with Crippen LogP contribution in [0.3, 0.4) is 0 Å². The van der Waals surface area contributed by atoms with E-state index in [1.807, 2.05) is 6.07 Å². The second-order valence-electron chi connectivity index (χ2n) is 4.31. The Balaban J connectivity index is 0.000000465. The lowest BCUT2D eigenvalue weighted by atomic mass is 10.1. The lowest BCUT2D eigenvalue weighted by molar-refractivity contribution is -0.138. The molecule has 1 atom stereocenters. The van der Waals surface area contributed by atoms with E-state index in [2.05, 4.69) is 0 Å². The summed E-state index contributed by atoms with van der Waals surface area (Å²) >= 11 is 0. The van der Waals surface area contributed by atoms with Crippen LogP contribution in [0.5, 0.6) is 17.2 Å². The minimum absolute atomic E-state index is 0. The Labute approximate surface area is 133 Å². The molecule has 2 aromatic rings. The Morgan fingerprint density at radius 2 is 1.59 bits per heavy atom. The number of para-hydroxylation sites is 1. The van der Waals surface area contributed by atoms with Crippen molar-refractivity contribution in [2.45, 2.75) is 12.5 Å². The molecule has 0 saturated heterocycles. The largest absolute Gasteiger partial charge is 0.508 e. The first-order valence-corrected chi connectivity index (χ1v) is 6.13. The molecule has 2 aromatic carbocycles. The Kier molecular flexibility index (Phi) is 8.44. The van der Waals surface area contributed by atoms with Crippen molar-refractivity contribution in [1.82, 2.24) is 0 Å². The molecule has 0 bridgehead atoms. The monoisotopic (exact) mass is 327 g/mol. The fraction of sp³-hybridized carbons (Fsp3) is 0.133. The van der Waals surface area contributed by atoms with Crippen LogP contribution in [-0.4, -0.2) is 32.4 Å². The van der Waals surface area contributed by atoms with Gasteiger partial charge in [0.15, 0.2) is 11.5 Å². The Bertz CT molecular complexity index is 592. The molecule has 0 radical (unpaired) electrons. The van der Waals surface area contributed by atoms with Gasteiger partial charge in [0.25, 0.3) is 0 Å². The highest BCUT2D eigenvalue weighted by Crippen LogP contribution is 2.25. The zero-order valence-corrected chi connectivity index (χ0v) is 12.4. The van der Waals surface area contributed by atoms with Crippen LogP contribution in [0.15, 0.2) is 48.5 Å². The number of phenols is 3. The molecule has 2 rings (SSSR count). The Hall–Kier alpha value is -2.44. The molecule has 1 unspecified atom stereocenters. The minimum atomic E-state index is -1.10. The molecular weight excluding hydrogens is 310 g/mol. The van der Waals surface area contributed by atoms with Crippen molar-refractivity contribution in [3.8, 4) is 17.2 Å². The van der Waals surface area contributed by atoms with Gasteiger partial charge < -0.3 is 26.2 Å². The number of hydrogen-bond donors (Lipinski definition) is 5. The van der Waals surface area contributed by atoms with E-state index in [-0.39, 0.29) is 30.3 Å². The van der Waals surface area contributed by atoms with Gasteiger partial charge in [-0.1, -0.05) is 24.3 Å². The van der Waals surface area contributed by atoms with E-state index in [1.54, 1.807) is 24.3 Å². The number of carbonyl (C=O) groups is 1. The number of hydrogen-bond acceptors (Lipinski definition) is 5. The van der Waals surface area contributed by atoms with E-state index >= 15 is 0 Å². The predicted octanol–water partition coefficient (Wildman–Crippen LogP) is 1.87. The maximum Gasteiger partial charge on any atom is 0.320 e. The summed E-state index contributed by atoms with van der Waals surface area (Å²) in [6, 6.07) is 11.8. The normalized spacial score (nSPS) is 10.6. The third-order valence-electron chi connectivity index (χ3n) is 2.57. The Morgan fingerprint density at radius 1 is 1.00 bits per heavy atom. The zero-order valence-electron chi connectivity index (χ0n) is 11.6. The molecule has 0 fully saturated rings. The van der Waals surface area contributed by atoms with E-state index < -0.39 is 12.0 Å². The van der Waals surface area contributed by atoms with Gasteiger partial charge in [-0.05, 0) is 36.2 Å². The molecule has 0 aliphatic carbocycles. The average Bonchev–Trinajstić information content (AvgIpc) is 2.44. The molecule has 0 aliphatic heterocycles. The van der Waals surface area contributed by atoms with Crippen LogP contribution in [0.4, 0.5) is 0 Å². The van der Waals surface area contributed by atoms with Crippen molar-refractivity contribution in [3.05, 3.63) is 54.1 Å². The quantitative estimate of drug-likeness (QED) is 0.548. The smallest absolute Gasteiger partial charge is 0.320 e. The van der Waals surface area contributed by atoms with Gasteiger partial charge in [-0.25, -0.2) is 0 Å². The molecular formula is C15H18ClNO5. The van der Waals surface area contributed by atoms with Gasteiger partial charge in [0, 0.05) is 0 Å². The second-order valence-corrected chi connectivity index (χ2v) is 4.31. The van der Waals surface area contributed by atoms with Crippen molar-refractivity contribution in [2.24, 2.45) is 5.73 Å². The standard InChI is InChI=1S/C9H11NO4.C6H6O.ClH/c10-6(9(13)14)3-5-1-2-7(11)8(12)4-5;7-6-4-2-1-3-5-6;/h1-2,4,6,11-12H,3,10H2,(H,13,14);1-5,7H;1H. The predicted molar refractivity (Wildman–Crippen MR) is 84.4 cm³/mol. The summed E-state index contributed by atoms with van der Waals surface area (Å²) in [5, 5.41) is 35.3. The van der Waals surface area contributed by atoms with Crippen LogP contribution < -0.4 is 5.73 Å². The molecule has 0 heterocycles. The first kappa shape index (κ1) is 19.6. The van der Waals surface area contributed by atoms with Crippen molar-refractivity contribution in [2.75, 3.05) is 0 Å². The number of benzene rings is 2. The molecule has 22 heavy (non-hydrogen) atoms. The number of aromatic hydroxyl groups is 3. The molecule has 0 spiro atoms. The van der Waals surface area contributed by atoms with Crippen LogP contribution in [-0.2, 0) is 11.2 Å². The number of rotatable bonds is 3. The fourth-order valence-electron chi connectivity index (χ4n) is 1.47. The first-order chi connectivity index (χ1) is 9.90. The van der Waals surface area contributed by atoms with E-state index in [4.69, 9.17) is 26.2 Å². The number of nitrogens with two attached hydrogens (primary N) is 1. The van der Waals surface area contributed by atoms with Crippen molar-refractivity contribution in [3.63, 3.8) is 0 Å². The molecule has 0 aromatic heterocycles. The average molecular weight is 328 g/mol. The number of carboxylic acid groups (broad SMARTS) is 1. The van der Waals surface area contributed by atoms with Gasteiger partial charge in [-0.3, -0.25) is 4.79 Å². The summed E-state index contributed by atoms with van der Waals surface area (Å²) < 4.78 is 0. The van der Waals surface area contributed by atoms with E-state index in [0.29, 0.717) is 11.3 Å². The van der Waals surface area contributed by atoms with Gasteiger partial charge in [-0.15, -0.1) is 12.4 Å². The molecule has 0 aliphatic rings. The van der Waals surface area contributed by atoms with Crippen molar-refractivity contribution in [1.29, 1.82) is 0 Å². The van der Waals surface area contributed by atoms with Crippen molar-refractivity contribution >= 4 is 18.4 Å². The number of halogens is 1. The third-order valence-corrected chi connectivity index (χ3v) is 2.57. The first-order valence-electron chi connectivity index (χ1n) is 6.13. The van der Waals surface area contributed by atoms with Gasteiger partial charge >= 0.3 is 5.97 Å². The van der Waals surface area contributed by atoms with Gasteiger partial charge in [0.2, 0.25) is 0 Å². The SMILES string of the molecule is Cl.NC(Cc1ccc(O)c(O)c1)C(=O)O.Oc1ccccc1.